The van der Waals surface area contributed by atoms with Crippen LogP contribution in [0.1, 0.15) is 5.56 Å². The molecule has 1 saturated heterocycles. The second-order valence-corrected chi connectivity index (χ2v) is 7.00. The van der Waals surface area contributed by atoms with Gasteiger partial charge in [-0.2, -0.15) is 5.10 Å². The summed E-state index contributed by atoms with van der Waals surface area (Å²) < 4.78 is 33.3. The molecule has 1 aliphatic heterocycles. The summed E-state index contributed by atoms with van der Waals surface area (Å²) in [6.45, 7) is -0.567. The first-order chi connectivity index (χ1) is 14.4. The fourth-order valence-corrected chi connectivity index (χ4v) is 3.40. The van der Waals surface area contributed by atoms with E-state index < -0.39 is 48.8 Å². The first kappa shape index (κ1) is 20.4. The predicted molar refractivity (Wildman–Crippen MR) is 102 cm³/mol. The number of aliphatic hydroxyl groups is 4. The van der Waals surface area contributed by atoms with Gasteiger partial charge in [-0.15, -0.1) is 0 Å². The summed E-state index contributed by atoms with van der Waals surface area (Å²) in [4.78, 5) is 0. The molecule has 0 aliphatic carbocycles. The maximum absolute atomic E-state index is 14.2. The molecule has 2 heterocycles. The van der Waals surface area contributed by atoms with Crippen molar-refractivity contribution in [1.29, 1.82) is 0 Å². The van der Waals surface area contributed by atoms with E-state index in [0.717, 1.165) is 18.2 Å². The topological polar surface area (TPSA) is 119 Å². The summed E-state index contributed by atoms with van der Waals surface area (Å²) in [5, 5.41) is 46.5. The van der Waals surface area contributed by atoms with Gasteiger partial charge < -0.3 is 25.2 Å². The van der Waals surface area contributed by atoms with Gasteiger partial charge in [0.05, 0.1) is 23.9 Å². The number of aromatic nitrogens is 2. The largest absolute Gasteiger partial charge is 0.394 e. The second kappa shape index (κ2) is 8.10. The number of hydrogen-bond acceptors (Lipinski definition) is 6. The summed E-state index contributed by atoms with van der Waals surface area (Å²) in [5.74, 6) is 4.28. The zero-order valence-electron chi connectivity index (χ0n) is 15.5. The van der Waals surface area contributed by atoms with Gasteiger partial charge in [0, 0.05) is 10.9 Å². The Hall–Kier alpha value is -2.87. The van der Waals surface area contributed by atoms with Gasteiger partial charge in [0.2, 0.25) is 0 Å². The van der Waals surface area contributed by atoms with Crippen LogP contribution < -0.4 is 0 Å². The summed E-state index contributed by atoms with van der Waals surface area (Å²) in [7, 11) is 0. The molecule has 1 aliphatic rings. The Kier molecular flexibility index (Phi) is 5.51. The molecule has 7 nitrogen and oxygen atoms in total. The Bertz CT molecular complexity index is 1140. The van der Waals surface area contributed by atoms with Gasteiger partial charge in [-0.1, -0.05) is 11.8 Å². The number of aromatic amines is 1. The normalized spacial score (nSPS) is 26.4. The van der Waals surface area contributed by atoms with Crippen molar-refractivity contribution in [2.75, 3.05) is 6.61 Å². The van der Waals surface area contributed by atoms with E-state index >= 15 is 0 Å². The number of ether oxygens (including phenoxy) is 1. The molecule has 3 aromatic rings. The smallest absolute Gasteiger partial charge is 0.147 e. The van der Waals surface area contributed by atoms with Gasteiger partial charge in [-0.3, -0.25) is 5.10 Å². The predicted octanol–water partition coefficient (Wildman–Crippen LogP) is 0.702. The van der Waals surface area contributed by atoms with Gasteiger partial charge in [-0.25, -0.2) is 8.78 Å². The van der Waals surface area contributed by atoms with Crippen molar-refractivity contribution in [1.82, 2.24) is 10.2 Å². The molecule has 1 fully saturated rings. The summed E-state index contributed by atoms with van der Waals surface area (Å²) in [6, 6.07) is 6.30. The highest BCUT2D eigenvalue weighted by Crippen LogP contribution is 2.29. The fraction of sp³-hybridized carbons (Fsp3) is 0.286. The summed E-state index contributed by atoms with van der Waals surface area (Å²) >= 11 is 0. The van der Waals surface area contributed by atoms with Crippen molar-refractivity contribution in [3.63, 3.8) is 0 Å². The molecule has 30 heavy (non-hydrogen) atoms. The highest BCUT2D eigenvalue weighted by atomic mass is 19.1. The van der Waals surface area contributed by atoms with Crippen LogP contribution in [0.4, 0.5) is 8.78 Å². The minimum Gasteiger partial charge on any atom is -0.394 e. The molecule has 0 saturated carbocycles. The molecule has 1 aromatic heterocycles. The number of halogens is 2. The monoisotopic (exact) mass is 416 g/mol. The van der Waals surface area contributed by atoms with Crippen LogP contribution in [0.3, 0.4) is 0 Å². The minimum atomic E-state index is -1.55. The maximum atomic E-state index is 14.2. The summed E-state index contributed by atoms with van der Waals surface area (Å²) in [5.41, 5.74) is 1.33. The number of H-pyrrole nitrogens is 1. The third kappa shape index (κ3) is 3.67. The lowest BCUT2D eigenvalue weighted by Crippen LogP contribution is -2.58. The Balaban J connectivity index is 1.75. The molecule has 5 atom stereocenters. The number of nitrogens with zero attached hydrogens (tertiary/aromatic N) is 1. The molecular formula is C21H18F2N2O5. The Morgan fingerprint density at radius 2 is 1.87 bits per heavy atom. The van der Waals surface area contributed by atoms with Gasteiger partial charge >= 0.3 is 0 Å². The zero-order valence-corrected chi connectivity index (χ0v) is 15.5. The average molecular weight is 416 g/mol. The average Bonchev–Trinajstić information content (AvgIpc) is 3.22. The lowest BCUT2D eigenvalue weighted by molar-refractivity contribution is -0.214. The molecule has 156 valence electrons. The van der Waals surface area contributed by atoms with E-state index in [4.69, 9.17) is 4.74 Å². The van der Waals surface area contributed by atoms with Crippen LogP contribution >= 0.6 is 0 Å². The first-order valence-corrected chi connectivity index (χ1v) is 9.13. The van der Waals surface area contributed by atoms with Crippen LogP contribution in [-0.2, 0) is 4.74 Å². The van der Waals surface area contributed by atoms with Gasteiger partial charge in [0.25, 0.3) is 0 Å². The molecular weight excluding hydrogens is 398 g/mol. The van der Waals surface area contributed by atoms with Crippen LogP contribution in [-0.4, -0.2) is 67.8 Å². The van der Waals surface area contributed by atoms with Crippen molar-refractivity contribution in [3.8, 4) is 23.0 Å². The van der Waals surface area contributed by atoms with E-state index in [1.54, 1.807) is 6.07 Å². The SMILES string of the molecule is OC[C@H]1O[C@H](C#Cc2cc(-c3cc(F)ccc3F)cc3cn[nH]c23)[C@@H](O)[C@@H](O)[C@@H]1O. The molecule has 0 unspecified atom stereocenters. The van der Waals surface area contributed by atoms with Crippen molar-refractivity contribution >= 4 is 10.9 Å². The van der Waals surface area contributed by atoms with Gasteiger partial charge in [-0.05, 0) is 35.9 Å². The first-order valence-electron chi connectivity index (χ1n) is 9.13. The molecule has 2 aromatic carbocycles. The van der Waals surface area contributed by atoms with Crippen LogP contribution in [0.5, 0.6) is 0 Å². The minimum absolute atomic E-state index is 0.0500. The van der Waals surface area contributed by atoms with Crippen molar-refractivity contribution < 1.29 is 33.9 Å². The summed E-state index contributed by atoms with van der Waals surface area (Å²) in [6.07, 6.45) is -5.29. The number of nitrogens with one attached hydrogen (secondary N) is 1. The second-order valence-electron chi connectivity index (χ2n) is 7.00. The molecule has 9 heteroatoms. The third-order valence-electron chi connectivity index (χ3n) is 5.03. The van der Waals surface area contributed by atoms with E-state index in [1.807, 2.05) is 0 Å². The van der Waals surface area contributed by atoms with E-state index in [2.05, 4.69) is 22.0 Å². The van der Waals surface area contributed by atoms with Crippen molar-refractivity contribution in [2.24, 2.45) is 0 Å². The van der Waals surface area contributed by atoms with E-state index in [9.17, 15) is 29.2 Å². The number of hydrogen-bond donors (Lipinski definition) is 5. The fourth-order valence-electron chi connectivity index (χ4n) is 3.40. The molecule has 0 bridgehead atoms. The van der Waals surface area contributed by atoms with Crippen LogP contribution in [0.2, 0.25) is 0 Å². The van der Waals surface area contributed by atoms with E-state index in [-0.39, 0.29) is 5.56 Å². The van der Waals surface area contributed by atoms with Gasteiger partial charge in [0.15, 0.2) is 0 Å². The van der Waals surface area contributed by atoms with Gasteiger partial charge in [0.1, 0.15) is 42.2 Å². The van der Waals surface area contributed by atoms with Crippen LogP contribution in [0.25, 0.3) is 22.0 Å². The van der Waals surface area contributed by atoms with Crippen LogP contribution in [0, 0.1) is 23.5 Å². The molecule has 0 amide bonds. The lowest BCUT2D eigenvalue weighted by Gasteiger charge is -2.37. The van der Waals surface area contributed by atoms with Crippen molar-refractivity contribution in [3.05, 3.63) is 53.7 Å². The number of benzene rings is 2. The molecule has 5 N–H and O–H groups in total. The standard InChI is InChI=1S/C21H18F2N2O5/c22-13-2-3-15(23)14(7-13)11-5-10(18-12(6-11)8-24-25-18)1-4-16-19(27)21(29)20(28)17(9-26)30-16/h2-3,5-8,16-17,19-21,26-29H,9H2,(H,24,25)/t16-,17-,19-,20-,21-/m1/s1. The maximum Gasteiger partial charge on any atom is 0.147 e. The quantitative estimate of drug-likeness (QED) is 0.393. The van der Waals surface area contributed by atoms with Crippen molar-refractivity contribution in [2.45, 2.75) is 30.5 Å². The molecule has 4 rings (SSSR count). The number of fused-ring (bicyclic) bond motifs is 1. The highest BCUT2D eigenvalue weighted by Gasteiger charge is 2.42. The highest BCUT2D eigenvalue weighted by molar-refractivity contribution is 5.89. The Morgan fingerprint density at radius 3 is 2.63 bits per heavy atom. The van der Waals surface area contributed by atoms with E-state index in [0.29, 0.717) is 22.0 Å². The number of aliphatic hydroxyl groups excluding tert-OH is 4. The Morgan fingerprint density at radius 1 is 1.07 bits per heavy atom. The molecule has 0 spiro atoms. The van der Waals surface area contributed by atoms with Crippen LogP contribution in [0.15, 0.2) is 36.5 Å². The lowest BCUT2D eigenvalue weighted by atomic mass is 9.95. The van der Waals surface area contributed by atoms with E-state index in [1.165, 1.54) is 12.3 Å². The number of rotatable bonds is 2. The zero-order chi connectivity index (χ0) is 21.4. The third-order valence-corrected chi connectivity index (χ3v) is 5.03. The Labute approximate surface area is 169 Å². The molecule has 0 radical (unpaired) electrons.